The molecule has 0 saturated carbocycles. The molecule has 0 bridgehead atoms. The number of amides is 1. The number of ether oxygens (including phenoxy) is 2. The Hall–Kier alpha value is -3.17. The third-order valence-electron chi connectivity index (χ3n) is 5.23. The molecule has 2 aromatic carbocycles. The maximum Gasteiger partial charge on any atom is 0.335 e. The average Bonchev–Trinajstić information content (AvgIpc) is 3.12. The predicted molar refractivity (Wildman–Crippen MR) is 111 cm³/mol. The topological polar surface area (TPSA) is 79.6 Å². The molecule has 1 aliphatic rings. The van der Waals surface area contributed by atoms with Crippen LogP contribution in [0.25, 0.3) is 0 Å². The highest BCUT2D eigenvalue weighted by atomic mass is 16.6. The summed E-state index contributed by atoms with van der Waals surface area (Å²) in [6.07, 6.45) is 0.292. The van der Waals surface area contributed by atoms with E-state index < -0.39 is 23.2 Å². The van der Waals surface area contributed by atoms with Gasteiger partial charge in [-0.15, -0.1) is 0 Å². The molecular weight excluding hydrogens is 380 g/mol. The van der Waals surface area contributed by atoms with Crippen molar-refractivity contribution in [3.05, 3.63) is 71.3 Å². The summed E-state index contributed by atoms with van der Waals surface area (Å²) < 4.78 is 11.6. The van der Waals surface area contributed by atoms with E-state index in [1.165, 1.54) is 4.90 Å². The zero-order valence-electron chi connectivity index (χ0n) is 17.5. The lowest BCUT2D eigenvalue weighted by Crippen LogP contribution is -2.58. The number of carbonyl (C=O) groups excluding carboxylic acids is 2. The Morgan fingerprint density at radius 2 is 1.93 bits per heavy atom. The molecule has 0 spiro atoms. The van der Waals surface area contributed by atoms with Crippen LogP contribution < -0.4 is 0 Å². The smallest absolute Gasteiger partial charge is 0.335 e. The molecule has 0 N–H and O–H groups in total. The molecular formula is C24H26N2O4. The standard InChI is InChI=1S/C24H26N2O4/c1-23(2,3)21-26(17-27)24(16-30-21,13-19-10-7-11-20(12-19)14-25)22(28)29-15-18-8-5-4-6-9-18/h4-12,17,21H,13,15-16H2,1-3H3/t21-,24+/m1/s1. The third-order valence-corrected chi connectivity index (χ3v) is 5.23. The van der Waals surface area contributed by atoms with Gasteiger partial charge in [-0.1, -0.05) is 63.2 Å². The van der Waals surface area contributed by atoms with Crippen LogP contribution in [0.4, 0.5) is 0 Å². The maximum atomic E-state index is 13.4. The SMILES string of the molecule is CC(C)(C)[C@H]1OC[C@@](Cc2cccc(C#N)c2)(C(=O)OCc2ccccc2)N1C=O. The lowest BCUT2D eigenvalue weighted by Gasteiger charge is -2.38. The van der Waals surface area contributed by atoms with Gasteiger partial charge in [0.1, 0.15) is 12.8 Å². The van der Waals surface area contributed by atoms with Gasteiger partial charge in [-0.3, -0.25) is 9.69 Å². The minimum atomic E-state index is -1.30. The third kappa shape index (κ3) is 4.37. The molecule has 1 heterocycles. The maximum absolute atomic E-state index is 13.4. The summed E-state index contributed by atoms with van der Waals surface area (Å²) in [6.45, 7) is 5.99. The number of nitriles is 1. The van der Waals surface area contributed by atoms with Gasteiger partial charge in [0.2, 0.25) is 6.41 Å². The summed E-state index contributed by atoms with van der Waals surface area (Å²) in [5.41, 5.74) is 0.413. The molecule has 156 valence electrons. The van der Waals surface area contributed by atoms with E-state index in [4.69, 9.17) is 9.47 Å². The fourth-order valence-electron chi connectivity index (χ4n) is 3.74. The van der Waals surface area contributed by atoms with Crippen molar-refractivity contribution in [1.82, 2.24) is 4.90 Å². The Kier molecular flexibility index (Phi) is 6.23. The molecule has 3 rings (SSSR count). The van der Waals surface area contributed by atoms with E-state index >= 15 is 0 Å². The highest BCUT2D eigenvalue weighted by Gasteiger charge is 2.56. The molecule has 2 atom stereocenters. The van der Waals surface area contributed by atoms with Crippen LogP contribution in [0.1, 0.15) is 37.5 Å². The van der Waals surface area contributed by atoms with E-state index in [2.05, 4.69) is 6.07 Å². The molecule has 2 aromatic rings. The molecule has 0 radical (unpaired) electrons. The number of rotatable bonds is 6. The number of esters is 1. The van der Waals surface area contributed by atoms with Gasteiger partial charge in [0, 0.05) is 11.8 Å². The van der Waals surface area contributed by atoms with Crippen LogP contribution in [0.2, 0.25) is 0 Å². The molecule has 1 saturated heterocycles. The van der Waals surface area contributed by atoms with E-state index in [1.807, 2.05) is 57.2 Å². The second kappa shape index (κ2) is 8.68. The van der Waals surface area contributed by atoms with Crippen LogP contribution >= 0.6 is 0 Å². The van der Waals surface area contributed by atoms with Crippen LogP contribution in [0.3, 0.4) is 0 Å². The first kappa shape index (κ1) is 21.5. The van der Waals surface area contributed by atoms with Crippen molar-refractivity contribution in [3.63, 3.8) is 0 Å². The van der Waals surface area contributed by atoms with Gasteiger partial charge in [-0.25, -0.2) is 4.79 Å². The summed E-state index contributed by atoms with van der Waals surface area (Å²) in [4.78, 5) is 27.0. The minimum Gasteiger partial charge on any atom is -0.459 e. The number of hydrogen-bond donors (Lipinski definition) is 0. The lowest BCUT2D eigenvalue weighted by atomic mass is 9.87. The van der Waals surface area contributed by atoms with E-state index in [0.717, 1.165) is 11.1 Å². The van der Waals surface area contributed by atoms with Gasteiger partial charge >= 0.3 is 5.97 Å². The van der Waals surface area contributed by atoms with E-state index in [-0.39, 0.29) is 19.6 Å². The average molecular weight is 406 g/mol. The number of carbonyl (C=O) groups is 2. The summed E-state index contributed by atoms with van der Waals surface area (Å²) >= 11 is 0. The number of benzene rings is 2. The largest absolute Gasteiger partial charge is 0.459 e. The molecule has 1 aliphatic heterocycles. The van der Waals surface area contributed by atoms with Gasteiger partial charge in [-0.05, 0) is 23.3 Å². The fraction of sp³-hybridized carbons (Fsp3) is 0.375. The van der Waals surface area contributed by atoms with Crippen molar-refractivity contribution in [2.75, 3.05) is 6.61 Å². The highest BCUT2D eigenvalue weighted by molar-refractivity contribution is 5.84. The van der Waals surface area contributed by atoms with Gasteiger partial charge in [0.15, 0.2) is 5.54 Å². The first-order chi connectivity index (χ1) is 14.3. The van der Waals surface area contributed by atoms with Crippen LogP contribution in [0, 0.1) is 16.7 Å². The Labute approximate surface area is 177 Å². The zero-order chi connectivity index (χ0) is 21.8. The predicted octanol–water partition coefficient (Wildman–Crippen LogP) is 3.44. The lowest BCUT2D eigenvalue weighted by molar-refractivity contribution is -0.162. The summed E-state index contributed by atoms with van der Waals surface area (Å²) in [5, 5.41) is 9.22. The fourth-order valence-corrected chi connectivity index (χ4v) is 3.74. The van der Waals surface area contributed by atoms with Crippen LogP contribution in [0.15, 0.2) is 54.6 Å². The van der Waals surface area contributed by atoms with Crippen molar-refractivity contribution in [2.24, 2.45) is 5.41 Å². The minimum absolute atomic E-state index is 0.0259. The van der Waals surface area contributed by atoms with Gasteiger partial charge in [0.05, 0.1) is 18.2 Å². The molecule has 1 fully saturated rings. The first-order valence-electron chi connectivity index (χ1n) is 9.86. The zero-order valence-corrected chi connectivity index (χ0v) is 17.5. The van der Waals surface area contributed by atoms with E-state index in [9.17, 15) is 14.9 Å². The van der Waals surface area contributed by atoms with Crippen molar-refractivity contribution in [2.45, 2.75) is 45.6 Å². The van der Waals surface area contributed by atoms with Crippen molar-refractivity contribution in [3.8, 4) is 6.07 Å². The van der Waals surface area contributed by atoms with Crippen molar-refractivity contribution in [1.29, 1.82) is 5.26 Å². The normalized spacial score (nSPS) is 21.1. The Morgan fingerprint density at radius 1 is 1.23 bits per heavy atom. The Balaban J connectivity index is 1.94. The molecule has 0 unspecified atom stereocenters. The molecule has 1 amide bonds. The summed E-state index contributed by atoms with van der Waals surface area (Å²) in [6, 6.07) is 18.5. The molecule has 6 nitrogen and oxygen atoms in total. The van der Waals surface area contributed by atoms with Crippen LogP contribution in [0.5, 0.6) is 0 Å². The molecule has 0 aromatic heterocycles. The van der Waals surface area contributed by atoms with E-state index in [0.29, 0.717) is 12.0 Å². The summed E-state index contributed by atoms with van der Waals surface area (Å²) in [5.74, 6) is -0.521. The monoisotopic (exact) mass is 406 g/mol. The van der Waals surface area contributed by atoms with Crippen LogP contribution in [-0.2, 0) is 32.1 Å². The summed E-state index contributed by atoms with van der Waals surface area (Å²) in [7, 11) is 0. The first-order valence-corrected chi connectivity index (χ1v) is 9.86. The van der Waals surface area contributed by atoms with E-state index in [1.54, 1.807) is 18.2 Å². The highest BCUT2D eigenvalue weighted by Crippen LogP contribution is 2.39. The van der Waals surface area contributed by atoms with Gasteiger partial charge < -0.3 is 9.47 Å². The molecule has 30 heavy (non-hydrogen) atoms. The number of nitrogens with zero attached hydrogens (tertiary/aromatic N) is 2. The Morgan fingerprint density at radius 3 is 2.57 bits per heavy atom. The second-order valence-corrected chi connectivity index (χ2v) is 8.62. The number of hydrogen-bond acceptors (Lipinski definition) is 5. The van der Waals surface area contributed by atoms with Crippen LogP contribution in [-0.4, -0.2) is 35.7 Å². The van der Waals surface area contributed by atoms with Crippen molar-refractivity contribution < 1.29 is 19.1 Å². The molecule has 6 heteroatoms. The molecule has 0 aliphatic carbocycles. The van der Waals surface area contributed by atoms with Gasteiger partial charge in [0.25, 0.3) is 0 Å². The second-order valence-electron chi connectivity index (χ2n) is 8.62. The van der Waals surface area contributed by atoms with Crippen molar-refractivity contribution >= 4 is 12.4 Å². The quantitative estimate of drug-likeness (QED) is 0.542. The Bertz CT molecular complexity index is 946. The van der Waals surface area contributed by atoms with Gasteiger partial charge in [-0.2, -0.15) is 5.26 Å².